The van der Waals surface area contributed by atoms with E-state index < -0.39 is 11.9 Å². The monoisotopic (exact) mass is 516 g/mol. The van der Waals surface area contributed by atoms with Crippen molar-refractivity contribution in [3.8, 4) is 0 Å². The number of unbranched alkanes of at least 4 members (excludes halogenated alkanes) is 19. The van der Waals surface area contributed by atoms with Crippen molar-refractivity contribution < 1.29 is 19.8 Å². The van der Waals surface area contributed by atoms with Crippen LogP contribution in [0.4, 0.5) is 0 Å². The van der Waals surface area contributed by atoms with E-state index >= 15 is 0 Å². The number of aliphatic carboxylic acids is 2. The highest BCUT2D eigenvalue weighted by Crippen LogP contribution is 2.11. The molecule has 0 saturated carbocycles. The number of carboxylic acids is 2. The van der Waals surface area contributed by atoms with Crippen LogP contribution in [0.3, 0.4) is 0 Å². The van der Waals surface area contributed by atoms with Gasteiger partial charge in [-0.1, -0.05) is 129 Å². The molecule has 0 aromatic carbocycles. The van der Waals surface area contributed by atoms with E-state index in [0.29, 0.717) is 12.8 Å². The van der Waals surface area contributed by atoms with Crippen molar-refractivity contribution in [3.05, 3.63) is 0 Å². The van der Waals surface area contributed by atoms with E-state index in [4.69, 9.17) is 21.7 Å². The van der Waals surface area contributed by atoms with Gasteiger partial charge in [0.05, 0.1) is 0 Å². The van der Waals surface area contributed by atoms with Crippen LogP contribution >= 0.6 is 0 Å². The molecule has 0 aliphatic carbocycles. The third kappa shape index (κ3) is 49.9. The number of rotatable bonds is 25. The molecule has 0 atom stereocenters. The fraction of sp³-hybridized carbons (Fsp3) is 0.933. The molecule has 6 N–H and O–H groups in total. The third-order valence-corrected chi connectivity index (χ3v) is 6.15. The van der Waals surface area contributed by atoms with Crippen LogP contribution in [0.15, 0.2) is 0 Å². The molecule has 0 saturated heterocycles. The quantitative estimate of drug-likeness (QED) is 0.0901. The summed E-state index contributed by atoms with van der Waals surface area (Å²) in [6, 6.07) is 0. The molecule has 0 spiro atoms. The Labute approximate surface area is 224 Å². The van der Waals surface area contributed by atoms with E-state index in [0.717, 1.165) is 51.6 Å². The van der Waals surface area contributed by atoms with Crippen molar-refractivity contribution in [1.82, 2.24) is 0 Å². The van der Waals surface area contributed by atoms with Gasteiger partial charge in [-0.25, -0.2) is 0 Å². The average molecular weight is 517 g/mol. The van der Waals surface area contributed by atoms with Crippen LogP contribution < -0.4 is 11.5 Å². The maximum atomic E-state index is 10.2. The summed E-state index contributed by atoms with van der Waals surface area (Å²) in [5.74, 6) is -1.32. The first-order valence-corrected chi connectivity index (χ1v) is 15.3. The maximum Gasteiger partial charge on any atom is 0.303 e. The van der Waals surface area contributed by atoms with Crippen LogP contribution in [-0.4, -0.2) is 35.2 Å². The van der Waals surface area contributed by atoms with Gasteiger partial charge in [0.25, 0.3) is 0 Å². The summed E-state index contributed by atoms with van der Waals surface area (Å²) < 4.78 is 0. The lowest BCUT2D eigenvalue weighted by molar-refractivity contribution is -0.138. The Balaban J connectivity index is -0.000000472. The molecular weight excluding hydrogens is 452 g/mol. The lowest BCUT2D eigenvalue weighted by Gasteiger charge is -2.00. The van der Waals surface area contributed by atoms with Gasteiger partial charge < -0.3 is 21.7 Å². The van der Waals surface area contributed by atoms with Gasteiger partial charge in [0.1, 0.15) is 0 Å². The molecule has 0 rings (SSSR count). The van der Waals surface area contributed by atoms with Gasteiger partial charge in [0.15, 0.2) is 0 Å². The minimum absolute atomic E-state index is 0.343. The summed E-state index contributed by atoms with van der Waals surface area (Å²) in [7, 11) is 0. The van der Waals surface area contributed by atoms with Crippen LogP contribution in [-0.2, 0) is 9.59 Å². The van der Waals surface area contributed by atoms with Gasteiger partial charge >= 0.3 is 11.9 Å². The lowest BCUT2D eigenvalue weighted by Crippen LogP contribution is -2.00. The molecule has 0 aromatic rings. The Morgan fingerprint density at radius 2 is 0.639 bits per heavy atom. The van der Waals surface area contributed by atoms with Crippen LogP contribution in [0.2, 0.25) is 0 Å². The Bertz CT molecular complexity index is 382. The van der Waals surface area contributed by atoms with E-state index in [1.54, 1.807) is 0 Å². The average Bonchev–Trinajstić information content (AvgIpc) is 2.85. The number of hydrogen-bond donors (Lipinski definition) is 4. The van der Waals surface area contributed by atoms with Crippen molar-refractivity contribution in [3.63, 3.8) is 0 Å². The smallest absolute Gasteiger partial charge is 0.303 e. The minimum Gasteiger partial charge on any atom is -0.481 e. The summed E-state index contributed by atoms with van der Waals surface area (Å²) in [5.41, 5.74) is 10.6. The highest BCUT2D eigenvalue weighted by molar-refractivity contribution is 5.66. The normalized spacial score (nSPS) is 10.2. The van der Waals surface area contributed by atoms with E-state index in [9.17, 15) is 9.59 Å². The second-order valence-corrected chi connectivity index (χ2v) is 9.94. The molecule has 0 aromatic heterocycles. The Morgan fingerprint density at radius 3 is 0.861 bits per heavy atom. The highest BCUT2D eigenvalue weighted by Gasteiger charge is 1.97. The van der Waals surface area contributed by atoms with E-state index in [2.05, 4.69) is 13.8 Å². The summed E-state index contributed by atoms with van der Waals surface area (Å²) in [5, 5.41) is 16.8. The number of carboxylic acid groups (broad SMARTS) is 2. The molecular formula is C30H64N2O4. The van der Waals surface area contributed by atoms with Gasteiger partial charge in [-0.2, -0.15) is 0 Å². The summed E-state index contributed by atoms with van der Waals surface area (Å²) in [4.78, 5) is 20.4. The first-order valence-electron chi connectivity index (χ1n) is 15.3. The number of hydrogen-bond acceptors (Lipinski definition) is 4. The molecule has 0 aliphatic heterocycles. The van der Waals surface area contributed by atoms with Gasteiger partial charge in [-0.05, 0) is 38.8 Å². The fourth-order valence-electron chi connectivity index (χ4n) is 3.82. The maximum absolute atomic E-state index is 10.2. The highest BCUT2D eigenvalue weighted by atomic mass is 16.4. The Morgan fingerprint density at radius 1 is 0.417 bits per heavy atom. The number of nitrogens with two attached hydrogens (primary N) is 2. The zero-order valence-electron chi connectivity index (χ0n) is 24.3. The van der Waals surface area contributed by atoms with Gasteiger partial charge in [-0.3, -0.25) is 9.59 Å². The van der Waals surface area contributed by atoms with Crippen molar-refractivity contribution in [1.29, 1.82) is 0 Å². The minimum atomic E-state index is -0.659. The molecule has 0 unspecified atom stereocenters. The van der Waals surface area contributed by atoms with E-state index in [-0.39, 0.29) is 0 Å². The van der Waals surface area contributed by atoms with Crippen LogP contribution in [0.1, 0.15) is 168 Å². The van der Waals surface area contributed by atoms with Crippen LogP contribution in [0.25, 0.3) is 0 Å². The summed E-state index contributed by atoms with van der Waals surface area (Å²) in [6.45, 7) is 6.10. The topological polar surface area (TPSA) is 127 Å². The van der Waals surface area contributed by atoms with Crippen molar-refractivity contribution in [2.75, 3.05) is 13.1 Å². The first-order chi connectivity index (χ1) is 17.5. The van der Waals surface area contributed by atoms with Crippen molar-refractivity contribution in [2.45, 2.75) is 168 Å². The third-order valence-electron chi connectivity index (χ3n) is 6.15. The zero-order chi connectivity index (χ0) is 27.5. The predicted octanol–water partition coefficient (Wildman–Crippen LogP) is 8.45. The molecule has 0 heterocycles. The van der Waals surface area contributed by atoms with Crippen LogP contribution in [0, 0.1) is 0 Å². The molecule has 0 radical (unpaired) electrons. The molecule has 218 valence electrons. The predicted molar refractivity (Wildman–Crippen MR) is 156 cm³/mol. The van der Waals surface area contributed by atoms with Gasteiger partial charge in [0, 0.05) is 12.8 Å². The molecule has 36 heavy (non-hydrogen) atoms. The number of carbonyl (C=O) groups is 2. The molecule has 0 fully saturated rings. The fourth-order valence-corrected chi connectivity index (χ4v) is 3.82. The van der Waals surface area contributed by atoms with Crippen molar-refractivity contribution >= 4 is 11.9 Å². The molecule has 6 nitrogen and oxygen atoms in total. The lowest BCUT2D eigenvalue weighted by atomic mass is 10.1. The first kappa shape index (κ1) is 39.4. The molecule has 0 bridgehead atoms. The van der Waals surface area contributed by atoms with Gasteiger partial charge in [-0.15, -0.1) is 0 Å². The second-order valence-electron chi connectivity index (χ2n) is 9.94. The van der Waals surface area contributed by atoms with Crippen LogP contribution in [0.5, 0.6) is 0 Å². The second kappa shape index (κ2) is 38.4. The van der Waals surface area contributed by atoms with E-state index in [1.807, 2.05) is 0 Å². The molecule has 0 aliphatic rings. The van der Waals surface area contributed by atoms with Gasteiger partial charge in [0.2, 0.25) is 0 Å². The summed E-state index contributed by atoms with van der Waals surface area (Å²) >= 11 is 0. The summed E-state index contributed by atoms with van der Waals surface area (Å²) in [6.07, 6.45) is 27.7. The Kier molecular flexibility index (Phi) is 42.0. The van der Waals surface area contributed by atoms with E-state index in [1.165, 1.54) is 103 Å². The largest absolute Gasteiger partial charge is 0.481 e. The molecule has 6 heteroatoms. The molecule has 0 amide bonds. The standard InChI is InChI=1S/2C12H24O2.C6H16N2/c2*1-2-3-4-5-6-7-8-9-10-11-12(13)14;7-5-3-1-2-4-6-8/h2*2-11H2,1H3,(H,13,14);1-8H2. The Hall–Kier alpha value is -1.14. The SMILES string of the molecule is CCCCCCCCCCCC(=O)O.CCCCCCCCCCCC(=O)O.NCCCCCCN. The van der Waals surface area contributed by atoms with Crippen molar-refractivity contribution in [2.24, 2.45) is 11.5 Å². The zero-order valence-corrected chi connectivity index (χ0v) is 24.3.